The van der Waals surface area contributed by atoms with Crippen molar-refractivity contribution in [3.63, 3.8) is 0 Å². The Balaban J connectivity index is 4.36. The summed E-state index contributed by atoms with van der Waals surface area (Å²) >= 11 is 0. The van der Waals surface area contributed by atoms with Crippen molar-refractivity contribution in [1.29, 1.82) is 0 Å². The summed E-state index contributed by atoms with van der Waals surface area (Å²) in [5.74, 6) is -3.48. The number of aliphatic hydroxyl groups excluding tert-OH is 1. The number of primary amides is 1. The number of nitrogens with one attached hydrogen (secondary N) is 1. The van der Waals surface area contributed by atoms with Crippen LogP contribution in [0, 0.1) is 0 Å². The van der Waals surface area contributed by atoms with Gasteiger partial charge in [-0.25, -0.2) is 0 Å². The molecule has 0 aliphatic rings. The number of nitrogens with two attached hydrogens (primary N) is 2. The molecule has 8 heteroatoms. The molecule has 2 atom stereocenters. The summed E-state index contributed by atoms with van der Waals surface area (Å²) in [6, 6.07) is -2.54. The Morgan fingerprint density at radius 2 is 1.82 bits per heavy atom. The van der Waals surface area contributed by atoms with Crippen molar-refractivity contribution in [2.24, 2.45) is 11.5 Å². The first-order valence-electron chi connectivity index (χ1n) is 4.70. The zero-order chi connectivity index (χ0) is 13.6. The topological polar surface area (TPSA) is 156 Å². The van der Waals surface area contributed by atoms with E-state index in [2.05, 4.69) is 11.9 Å². The molecule has 96 valence electrons. The van der Waals surface area contributed by atoms with Gasteiger partial charge in [-0.15, -0.1) is 0 Å². The predicted octanol–water partition coefficient (Wildman–Crippen LogP) is -1.78. The van der Waals surface area contributed by atoms with Crippen LogP contribution in [0.5, 0.6) is 0 Å². The van der Waals surface area contributed by atoms with Crippen LogP contribution >= 0.6 is 0 Å². The van der Waals surface area contributed by atoms with Crippen LogP contribution in [0.4, 0.5) is 0 Å². The average Bonchev–Trinajstić information content (AvgIpc) is 2.20. The molecule has 8 nitrogen and oxygen atoms in total. The van der Waals surface area contributed by atoms with Gasteiger partial charge in [0.15, 0.2) is 6.04 Å². The van der Waals surface area contributed by atoms with Crippen molar-refractivity contribution in [3.8, 4) is 0 Å². The number of aliphatic carboxylic acids is 1. The van der Waals surface area contributed by atoms with Gasteiger partial charge in [-0.05, 0) is 6.42 Å². The summed E-state index contributed by atoms with van der Waals surface area (Å²) in [6.07, 6.45) is -0.375. The van der Waals surface area contributed by atoms with Gasteiger partial charge in [0.05, 0.1) is 6.04 Å². The van der Waals surface area contributed by atoms with Gasteiger partial charge in [-0.1, -0.05) is 6.58 Å². The third-order valence-electron chi connectivity index (χ3n) is 1.91. The first kappa shape index (κ1) is 14.9. The summed E-state index contributed by atoms with van der Waals surface area (Å²) in [5, 5.41) is 19.4. The molecular formula is C9H15N3O5. The fourth-order valence-corrected chi connectivity index (χ4v) is 0.978. The zero-order valence-electron chi connectivity index (χ0n) is 9.05. The standard InChI is InChI=1S/C9H15N3O5/c1-4(13)7(8(11)16)12-9(17)5(10)2-3-6(14)15/h5,7,13H,1-3,10H2,(H2,11,16)(H,12,17)(H,14,15)/t5-,7+/m0/s1. The molecule has 0 radical (unpaired) electrons. The molecule has 0 aromatic carbocycles. The number of hydrogen-bond acceptors (Lipinski definition) is 5. The maximum absolute atomic E-state index is 11.4. The average molecular weight is 245 g/mol. The van der Waals surface area contributed by atoms with Crippen LogP contribution in [0.3, 0.4) is 0 Å². The van der Waals surface area contributed by atoms with E-state index in [0.717, 1.165) is 0 Å². The van der Waals surface area contributed by atoms with Gasteiger partial charge in [0, 0.05) is 6.42 Å². The van der Waals surface area contributed by atoms with Gasteiger partial charge >= 0.3 is 5.97 Å². The lowest BCUT2D eigenvalue weighted by Gasteiger charge is -2.17. The monoisotopic (exact) mass is 245 g/mol. The van der Waals surface area contributed by atoms with Crippen LogP contribution in [-0.4, -0.2) is 40.1 Å². The number of carbonyl (C=O) groups is 3. The molecule has 0 spiro atoms. The molecule has 0 heterocycles. The van der Waals surface area contributed by atoms with Crippen LogP contribution in [-0.2, 0) is 14.4 Å². The van der Waals surface area contributed by atoms with Crippen LogP contribution < -0.4 is 16.8 Å². The Kier molecular flexibility index (Phi) is 5.69. The Labute approximate surface area is 97.3 Å². The Morgan fingerprint density at radius 3 is 2.18 bits per heavy atom. The first-order chi connectivity index (χ1) is 7.75. The van der Waals surface area contributed by atoms with E-state index < -0.39 is 35.6 Å². The van der Waals surface area contributed by atoms with Gasteiger partial charge < -0.3 is 27.0 Å². The molecule has 17 heavy (non-hydrogen) atoms. The molecule has 0 aromatic heterocycles. The fraction of sp³-hybridized carbons (Fsp3) is 0.444. The lowest BCUT2D eigenvalue weighted by atomic mass is 10.1. The Morgan fingerprint density at radius 1 is 1.29 bits per heavy atom. The Bertz CT molecular complexity index is 328. The van der Waals surface area contributed by atoms with Crippen LogP contribution in [0.25, 0.3) is 0 Å². The van der Waals surface area contributed by atoms with Crippen molar-refractivity contribution < 1.29 is 24.6 Å². The molecule has 0 fully saturated rings. The number of carboxylic acids is 1. The number of aliphatic hydroxyl groups is 1. The normalized spacial score (nSPS) is 13.5. The second-order valence-electron chi connectivity index (χ2n) is 3.37. The number of hydrogen-bond donors (Lipinski definition) is 5. The summed E-state index contributed by atoms with van der Waals surface area (Å²) in [4.78, 5) is 32.5. The molecule has 0 aromatic rings. The third kappa shape index (κ3) is 5.52. The number of rotatable bonds is 7. The molecule has 0 unspecified atom stereocenters. The molecule has 0 aliphatic heterocycles. The van der Waals surface area contributed by atoms with Gasteiger partial charge in [-0.2, -0.15) is 0 Å². The van der Waals surface area contributed by atoms with Gasteiger partial charge in [0.25, 0.3) is 0 Å². The minimum absolute atomic E-state index is 0.0927. The quantitative estimate of drug-likeness (QED) is 0.334. The largest absolute Gasteiger partial charge is 0.510 e. The predicted molar refractivity (Wildman–Crippen MR) is 57.7 cm³/mol. The molecule has 2 amide bonds. The number of carboxylic acid groups (broad SMARTS) is 1. The molecule has 0 rings (SSSR count). The van der Waals surface area contributed by atoms with Crippen molar-refractivity contribution in [2.75, 3.05) is 0 Å². The minimum Gasteiger partial charge on any atom is -0.510 e. The first-order valence-corrected chi connectivity index (χ1v) is 4.70. The van der Waals surface area contributed by atoms with E-state index >= 15 is 0 Å². The molecular weight excluding hydrogens is 230 g/mol. The number of amides is 2. The van der Waals surface area contributed by atoms with Gasteiger partial charge in [-0.3, -0.25) is 14.4 Å². The Hall–Kier alpha value is -2.09. The summed E-state index contributed by atoms with van der Waals surface area (Å²) in [6.45, 7) is 3.07. The van der Waals surface area contributed by atoms with Crippen LogP contribution in [0.2, 0.25) is 0 Å². The van der Waals surface area contributed by atoms with E-state index in [1.165, 1.54) is 0 Å². The number of carbonyl (C=O) groups excluding carboxylic acids is 2. The zero-order valence-corrected chi connectivity index (χ0v) is 9.05. The summed E-state index contributed by atoms with van der Waals surface area (Å²) in [7, 11) is 0. The van der Waals surface area contributed by atoms with E-state index in [0.29, 0.717) is 0 Å². The van der Waals surface area contributed by atoms with E-state index in [4.69, 9.17) is 21.7 Å². The van der Waals surface area contributed by atoms with E-state index in [-0.39, 0.29) is 12.8 Å². The van der Waals surface area contributed by atoms with E-state index in [1.807, 2.05) is 0 Å². The summed E-state index contributed by atoms with van der Waals surface area (Å²) < 4.78 is 0. The lowest BCUT2D eigenvalue weighted by Crippen LogP contribution is -2.51. The van der Waals surface area contributed by atoms with Crippen molar-refractivity contribution in [1.82, 2.24) is 5.32 Å². The van der Waals surface area contributed by atoms with E-state index in [1.54, 1.807) is 0 Å². The maximum Gasteiger partial charge on any atom is 0.303 e. The van der Waals surface area contributed by atoms with Crippen molar-refractivity contribution in [3.05, 3.63) is 12.3 Å². The van der Waals surface area contributed by atoms with Crippen LogP contribution in [0.15, 0.2) is 12.3 Å². The minimum atomic E-state index is -1.43. The third-order valence-corrected chi connectivity index (χ3v) is 1.91. The molecule has 0 saturated carbocycles. The maximum atomic E-state index is 11.4. The highest BCUT2D eigenvalue weighted by Gasteiger charge is 2.24. The smallest absolute Gasteiger partial charge is 0.303 e. The van der Waals surface area contributed by atoms with Gasteiger partial charge in [0.1, 0.15) is 5.76 Å². The summed E-state index contributed by atoms with van der Waals surface area (Å²) in [5.41, 5.74) is 10.3. The molecule has 0 saturated heterocycles. The van der Waals surface area contributed by atoms with Crippen molar-refractivity contribution >= 4 is 17.8 Å². The fourth-order valence-electron chi connectivity index (χ4n) is 0.978. The molecule has 7 N–H and O–H groups in total. The van der Waals surface area contributed by atoms with Gasteiger partial charge in [0.2, 0.25) is 11.8 Å². The van der Waals surface area contributed by atoms with Crippen LogP contribution in [0.1, 0.15) is 12.8 Å². The highest BCUT2D eigenvalue weighted by atomic mass is 16.4. The highest BCUT2D eigenvalue weighted by Crippen LogP contribution is 1.98. The SMILES string of the molecule is C=C(O)[C@@H](NC(=O)[C@@H](N)CCC(=O)O)C(N)=O. The molecule has 0 bridgehead atoms. The van der Waals surface area contributed by atoms with Crippen molar-refractivity contribution in [2.45, 2.75) is 24.9 Å². The molecule has 0 aliphatic carbocycles. The highest BCUT2D eigenvalue weighted by molar-refractivity contribution is 5.90. The lowest BCUT2D eigenvalue weighted by molar-refractivity contribution is -0.137. The second kappa shape index (κ2) is 6.48. The van der Waals surface area contributed by atoms with E-state index in [9.17, 15) is 14.4 Å². The second-order valence-corrected chi connectivity index (χ2v) is 3.37.